The molecule has 0 spiro atoms. The molecule has 0 radical (unpaired) electrons. The zero-order chi connectivity index (χ0) is 16.2. The molecule has 1 aromatic rings. The van der Waals surface area contributed by atoms with Crippen molar-refractivity contribution in [3.63, 3.8) is 0 Å². The van der Waals surface area contributed by atoms with Crippen LogP contribution in [0.3, 0.4) is 0 Å². The van der Waals surface area contributed by atoms with Gasteiger partial charge in [0.15, 0.2) is 6.20 Å². The maximum absolute atomic E-state index is 12.5. The highest BCUT2D eigenvalue weighted by Gasteiger charge is 2.28. The molecule has 7 nitrogen and oxygen atoms in total. The van der Waals surface area contributed by atoms with E-state index in [1.807, 2.05) is 4.90 Å². The Morgan fingerprint density at radius 3 is 2.39 bits per heavy atom. The van der Waals surface area contributed by atoms with E-state index in [1.165, 1.54) is 31.5 Å². The molecule has 1 aromatic heterocycles. The number of pyridine rings is 1. The molecule has 0 aromatic carbocycles. The molecule has 124 valence electrons. The van der Waals surface area contributed by atoms with Crippen LogP contribution in [-0.4, -0.2) is 46.9 Å². The largest absolute Gasteiger partial charge is 0.365 e. The van der Waals surface area contributed by atoms with Gasteiger partial charge in [-0.25, -0.2) is 0 Å². The van der Waals surface area contributed by atoms with Gasteiger partial charge >= 0.3 is 5.82 Å². The third kappa shape index (κ3) is 3.60. The third-order valence-corrected chi connectivity index (χ3v) is 4.83. The summed E-state index contributed by atoms with van der Waals surface area (Å²) in [6, 6.07) is 3.15. The molecule has 3 rings (SSSR count). The van der Waals surface area contributed by atoms with Gasteiger partial charge < -0.3 is 19.9 Å². The highest BCUT2D eigenvalue weighted by Crippen LogP contribution is 2.26. The van der Waals surface area contributed by atoms with Crippen LogP contribution < -0.4 is 4.90 Å². The minimum atomic E-state index is -0.495. The smallest absolute Gasteiger partial charge is 0.363 e. The van der Waals surface area contributed by atoms with Crippen molar-refractivity contribution in [2.75, 3.05) is 31.1 Å². The number of rotatable bonds is 3. The van der Waals surface area contributed by atoms with E-state index < -0.39 is 4.92 Å². The van der Waals surface area contributed by atoms with Crippen LogP contribution in [0, 0.1) is 16.0 Å². The lowest BCUT2D eigenvalue weighted by Gasteiger charge is -2.37. The lowest BCUT2D eigenvalue weighted by atomic mass is 9.88. The summed E-state index contributed by atoms with van der Waals surface area (Å²) in [7, 11) is 0. The van der Waals surface area contributed by atoms with Crippen molar-refractivity contribution < 1.29 is 9.72 Å². The molecule has 0 N–H and O–H groups in total. The van der Waals surface area contributed by atoms with Crippen LogP contribution in [0.5, 0.6) is 0 Å². The van der Waals surface area contributed by atoms with Crippen LogP contribution in [-0.2, 0) is 4.79 Å². The van der Waals surface area contributed by atoms with E-state index in [0.717, 1.165) is 31.6 Å². The van der Waals surface area contributed by atoms with Gasteiger partial charge in [0.1, 0.15) is 0 Å². The standard InChI is InChI=1S/C16H22N4O3/c21-16(13-4-2-1-3-5-13)19-10-8-18(9-11-19)14-6-7-15(17-12-14)20(22)23/h6-7,12-13H,1-5,8-11H2. The van der Waals surface area contributed by atoms with Crippen molar-refractivity contribution in [2.45, 2.75) is 32.1 Å². The second-order valence-electron chi connectivity index (χ2n) is 6.28. The fourth-order valence-electron chi connectivity index (χ4n) is 3.47. The summed E-state index contributed by atoms with van der Waals surface area (Å²) in [5.74, 6) is 0.391. The quantitative estimate of drug-likeness (QED) is 0.630. The summed E-state index contributed by atoms with van der Waals surface area (Å²) >= 11 is 0. The van der Waals surface area contributed by atoms with Gasteiger partial charge in [-0.15, -0.1) is 0 Å². The lowest BCUT2D eigenvalue weighted by Crippen LogP contribution is -2.50. The van der Waals surface area contributed by atoms with Crippen LogP contribution in [0.2, 0.25) is 0 Å². The predicted octanol–water partition coefficient (Wildman–Crippen LogP) is 2.22. The molecule has 7 heteroatoms. The van der Waals surface area contributed by atoms with Crippen molar-refractivity contribution in [3.8, 4) is 0 Å². The second-order valence-corrected chi connectivity index (χ2v) is 6.28. The molecule has 1 aliphatic carbocycles. The topological polar surface area (TPSA) is 79.6 Å². The zero-order valence-electron chi connectivity index (χ0n) is 13.2. The number of nitro groups is 1. The molecule has 1 aliphatic heterocycles. The molecule has 0 bridgehead atoms. The maximum Gasteiger partial charge on any atom is 0.363 e. The Hall–Kier alpha value is -2.18. The highest BCUT2D eigenvalue weighted by molar-refractivity contribution is 5.79. The summed E-state index contributed by atoms with van der Waals surface area (Å²) in [5.41, 5.74) is 0.875. The number of carbonyl (C=O) groups is 1. The van der Waals surface area contributed by atoms with E-state index in [9.17, 15) is 14.9 Å². The first-order valence-electron chi connectivity index (χ1n) is 8.29. The number of amides is 1. The Morgan fingerprint density at radius 1 is 1.13 bits per heavy atom. The van der Waals surface area contributed by atoms with Crippen LogP contribution in [0.15, 0.2) is 18.3 Å². The van der Waals surface area contributed by atoms with E-state index in [4.69, 9.17) is 0 Å². The predicted molar refractivity (Wildman–Crippen MR) is 86.3 cm³/mol. The first kappa shape index (κ1) is 15.7. The van der Waals surface area contributed by atoms with Crippen molar-refractivity contribution in [1.82, 2.24) is 9.88 Å². The Kier molecular flexibility index (Phi) is 4.73. The average molecular weight is 318 g/mol. The van der Waals surface area contributed by atoms with E-state index in [0.29, 0.717) is 19.0 Å². The number of anilines is 1. The number of aromatic nitrogens is 1. The number of hydrogen-bond donors (Lipinski definition) is 0. The van der Waals surface area contributed by atoms with Gasteiger partial charge in [-0.05, 0) is 28.8 Å². The molecule has 1 amide bonds. The van der Waals surface area contributed by atoms with Crippen LogP contribution in [0.25, 0.3) is 0 Å². The fourth-order valence-corrected chi connectivity index (χ4v) is 3.47. The molecule has 1 saturated heterocycles. The molecular weight excluding hydrogens is 296 g/mol. The van der Waals surface area contributed by atoms with Gasteiger partial charge in [0.05, 0.1) is 5.69 Å². The SMILES string of the molecule is O=C(C1CCCCC1)N1CCN(c2ccc([N+](=O)[O-])nc2)CC1. The molecular formula is C16H22N4O3. The lowest BCUT2D eigenvalue weighted by molar-refractivity contribution is -0.389. The average Bonchev–Trinajstić information content (AvgIpc) is 2.62. The van der Waals surface area contributed by atoms with Crippen LogP contribution in [0.4, 0.5) is 11.5 Å². The number of nitrogens with zero attached hydrogens (tertiary/aromatic N) is 4. The molecule has 2 heterocycles. The molecule has 1 saturated carbocycles. The Labute approximate surface area is 135 Å². The Balaban J connectivity index is 1.55. The summed E-state index contributed by atoms with van der Waals surface area (Å²) in [6.07, 6.45) is 7.20. The van der Waals surface area contributed by atoms with Crippen molar-refractivity contribution in [1.29, 1.82) is 0 Å². The minimum Gasteiger partial charge on any atom is -0.365 e. The van der Waals surface area contributed by atoms with Crippen molar-refractivity contribution in [2.24, 2.45) is 5.92 Å². The third-order valence-electron chi connectivity index (χ3n) is 4.83. The summed E-state index contributed by atoms with van der Waals surface area (Å²) in [4.78, 5) is 30.6. The first-order chi connectivity index (χ1) is 11.1. The van der Waals surface area contributed by atoms with Crippen molar-refractivity contribution >= 4 is 17.4 Å². The second kappa shape index (κ2) is 6.93. The van der Waals surface area contributed by atoms with Gasteiger partial charge in [-0.1, -0.05) is 19.3 Å². The summed E-state index contributed by atoms with van der Waals surface area (Å²) in [6.45, 7) is 2.93. The minimum absolute atomic E-state index is 0.139. The number of carbonyl (C=O) groups excluding carboxylic acids is 1. The maximum atomic E-state index is 12.5. The Morgan fingerprint density at radius 2 is 1.83 bits per heavy atom. The number of hydrogen-bond acceptors (Lipinski definition) is 5. The normalized spacial score (nSPS) is 19.7. The fraction of sp³-hybridized carbons (Fsp3) is 0.625. The zero-order valence-corrected chi connectivity index (χ0v) is 13.2. The van der Waals surface area contributed by atoms with Gasteiger partial charge in [0, 0.05) is 38.2 Å². The van der Waals surface area contributed by atoms with E-state index in [1.54, 1.807) is 6.07 Å². The first-order valence-corrected chi connectivity index (χ1v) is 8.29. The molecule has 0 atom stereocenters. The Bertz CT molecular complexity index is 561. The number of piperazine rings is 1. The van der Waals surface area contributed by atoms with Gasteiger partial charge in [0.2, 0.25) is 5.91 Å². The van der Waals surface area contributed by atoms with E-state index >= 15 is 0 Å². The monoisotopic (exact) mass is 318 g/mol. The van der Waals surface area contributed by atoms with E-state index in [2.05, 4.69) is 9.88 Å². The molecule has 2 fully saturated rings. The highest BCUT2D eigenvalue weighted by atomic mass is 16.6. The van der Waals surface area contributed by atoms with Gasteiger partial charge in [0.25, 0.3) is 0 Å². The van der Waals surface area contributed by atoms with Crippen molar-refractivity contribution in [3.05, 3.63) is 28.4 Å². The summed E-state index contributed by atoms with van der Waals surface area (Å²) < 4.78 is 0. The summed E-state index contributed by atoms with van der Waals surface area (Å²) in [5, 5.41) is 10.6. The molecule has 2 aliphatic rings. The molecule has 0 unspecified atom stereocenters. The molecule has 23 heavy (non-hydrogen) atoms. The van der Waals surface area contributed by atoms with Crippen LogP contribution >= 0.6 is 0 Å². The van der Waals surface area contributed by atoms with Gasteiger partial charge in [-0.3, -0.25) is 4.79 Å². The van der Waals surface area contributed by atoms with E-state index in [-0.39, 0.29) is 11.7 Å². The van der Waals surface area contributed by atoms with Gasteiger partial charge in [-0.2, -0.15) is 0 Å². The van der Waals surface area contributed by atoms with Crippen LogP contribution in [0.1, 0.15) is 32.1 Å².